The van der Waals surface area contributed by atoms with Crippen LogP contribution in [0.3, 0.4) is 0 Å². The molecule has 3 heteroatoms. The molecule has 2 rings (SSSR count). The summed E-state index contributed by atoms with van der Waals surface area (Å²) in [7, 11) is 0. The lowest BCUT2D eigenvalue weighted by Gasteiger charge is -2.19. The number of halogens is 1. The number of furan rings is 1. The minimum atomic E-state index is 0.112. The Morgan fingerprint density at radius 1 is 1.44 bits per heavy atom. The molecule has 0 spiro atoms. The molecule has 1 heterocycles. The van der Waals surface area contributed by atoms with Crippen LogP contribution in [0.1, 0.15) is 56.5 Å². The molecule has 88 valence electrons. The van der Waals surface area contributed by atoms with E-state index in [-0.39, 0.29) is 5.78 Å². The Morgan fingerprint density at radius 2 is 2.12 bits per heavy atom. The zero-order valence-corrected chi connectivity index (χ0v) is 10.3. The van der Waals surface area contributed by atoms with Crippen molar-refractivity contribution in [2.45, 2.75) is 51.4 Å². The molecule has 2 nitrogen and oxygen atoms in total. The van der Waals surface area contributed by atoms with Gasteiger partial charge in [0.05, 0.1) is 11.4 Å². The zero-order chi connectivity index (χ0) is 11.5. The first kappa shape index (κ1) is 11.7. The number of Topliss-reactive ketones (excluding diaryl/α,β-unsaturated/α-hetero) is 1. The van der Waals surface area contributed by atoms with Gasteiger partial charge in [-0.15, -0.1) is 0 Å². The third kappa shape index (κ3) is 2.67. The van der Waals surface area contributed by atoms with Crippen LogP contribution in [0.4, 0.5) is 0 Å². The van der Waals surface area contributed by atoms with Crippen LogP contribution < -0.4 is 0 Å². The van der Waals surface area contributed by atoms with Gasteiger partial charge < -0.3 is 4.42 Å². The molecule has 0 amide bonds. The normalized spacial score (nSPS) is 17.6. The Hall–Kier alpha value is -0.760. The van der Waals surface area contributed by atoms with Crippen LogP contribution in [0.5, 0.6) is 0 Å². The first-order valence-corrected chi connectivity index (χ1v) is 6.32. The van der Waals surface area contributed by atoms with Gasteiger partial charge in [-0.1, -0.05) is 30.9 Å². The van der Waals surface area contributed by atoms with Crippen molar-refractivity contribution < 1.29 is 9.21 Å². The molecule has 0 unspecified atom stereocenters. The highest BCUT2D eigenvalue weighted by Crippen LogP contribution is 2.37. The number of carbonyl (C=O) groups is 1. The van der Waals surface area contributed by atoms with E-state index in [0.29, 0.717) is 23.1 Å². The van der Waals surface area contributed by atoms with Crippen molar-refractivity contribution >= 4 is 17.4 Å². The highest BCUT2D eigenvalue weighted by molar-refractivity contribution is 6.31. The Labute approximate surface area is 101 Å². The molecule has 0 aromatic carbocycles. The summed E-state index contributed by atoms with van der Waals surface area (Å²) in [6, 6.07) is 1.80. The maximum absolute atomic E-state index is 11.0. The summed E-state index contributed by atoms with van der Waals surface area (Å²) in [5.41, 5.74) is 0. The lowest BCUT2D eigenvalue weighted by molar-refractivity contribution is -0.116. The lowest BCUT2D eigenvalue weighted by atomic mass is 9.87. The molecule has 1 aromatic rings. The number of hydrogen-bond donors (Lipinski definition) is 0. The van der Waals surface area contributed by atoms with Gasteiger partial charge in [-0.3, -0.25) is 4.79 Å². The van der Waals surface area contributed by atoms with Gasteiger partial charge in [-0.05, 0) is 25.8 Å². The molecule has 0 radical (unpaired) electrons. The largest absolute Gasteiger partial charge is 0.464 e. The van der Waals surface area contributed by atoms with Gasteiger partial charge in [0.25, 0.3) is 0 Å². The minimum Gasteiger partial charge on any atom is -0.464 e. The van der Waals surface area contributed by atoms with E-state index >= 15 is 0 Å². The second-order valence-electron chi connectivity index (χ2n) is 4.64. The molecule has 1 saturated carbocycles. The first-order valence-electron chi connectivity index (χ1n) is 5.94. The SMILES string of the molecule is CC(=O)Cc1cc(Cl)c(C2CCCCC2)o1. The molecule has 0 saturated heterocycles. The van der Waals surface area contributed by atoms with E-state index in [1.807, 2.05) is 0 Å². The van der Waals surface area contributed by atoms with Crippen molar-refractivity contribution in [2.24, 2.45) is 0 Å². The van der Waals surface area contributed by atoms with Crippen molar-refractivity contribution in [2.75, 3.05) is 0 Å². The quantitative estimate of drug-likeness (QED) is 0.796. The first-order chi connectivity index (χ1) is 7.66. The molecule has 0 atom stereocenters. The topological polar surface area (TPSA) is 30.2 Å². The summed E-state index contributed by atoms with van der Waals surface area (Å²) >= 11 is 6.16. The summed E-state index contributed by atoms with van der Waals surface area (Å²) in [5, 5.41) is 0.697. The van der Waals surface area contributed by atoms with E-state index in [2.05, 4.69) is 0 Å². The van der Waals surface area contributed by atoms with Crippen molar-refractivity contribution in [1.82, 2.24) is 0 Å². The average molecular weight is 241 g/mol. The molecule has 1 aromatic heterocycles. The summed E-state index contributed by atoms with van der Waals surface area (Å²) in [6.07, 6.45) is 6.49. The van der Waals surface area contributed by atoms with E-state index in [9.17, 15) is 4.79 Å². The van der Waals surface area contributed by atoms with Gasteiger partial charge in [0.15, 0.2) is 0 Å². The minimum absolute atomic E-state index is 0.112. The molecule has 16 heavy (non-hydrogen) atoms. The maximum atomic E-state index is 11.0. The van der Waals surface area contributed by atoms with Crippen LogP contribution in [0, 0.1) is 0 Å². The molecular weight excluding hydrogens is 224 g/mol. The smallest absolute Gasteiger partial charge is 0.137 e. The Morgan fingerprint density at radius 3 is 2.75 bits per heavy atom. The van der Waals surface area contributed by atoms with Crippen LogP contribution in [0.2, 0.25) is 5.02 Å². The molecule has 0 N–H and O–H groups in total. The second kappa shape index (κ2) is 5.05. The number of rotatable bonds is 3. The molecule has 0 bridgehead atoms. The third-order valence-electron chi connectivity index (χ3n) is 3.16. The van der Waals surface area contributed by atoms with Crippen LogP contribution in [-0.4, -0.2) is 5.78 Å². The Balaban J connectivity index is 2.13. The Bertz CT molecular complexity index is 375. The second-order valence-corrected chi connectivity index (χ2v) is 5.05. The van der Waals surface area contributed by atoms with Crippen LogP contribution in [-0.2, 0) is 11.2 Å². The fourth-order valence-corrected chi connectivity index (χ4v) is 2.72. The fraction of sp³-hybridized carbons (Fsp3) is 0.615. The van der Waals surface area contributed by atoms with Crippen molar-refractivity contribution in [3.8, 4) is 0 Å². The molecule has 1 fully saturated rings. The molecular formula is C13H17ClO2. The van der Waals surface area contributed by atoms with Crippen LogP contribution >= 0.6 is 11.6 Å². The van der Waals surface area contributed by atoms with Gasteiger partial charge in [-0.25, -0.2) is 0 Å². The Kier molecular flexibility index (Phi) is 3.70. The number of carbonyl (C=O) groups excluding carboxylic acids is 1. The van der Waals surface area contributed by atoms with Crippen LogP contribution in [0.25, 0.3) is 0 Å². The molecule has 1 aliphatic carbocycles. The van der Waals surface area contributed by atoms with E-state index in [1.54, 1.807) is 13.0 Å². The fourth-order valence-electron chi connectivity index (χ4n) is 2.41. The van der Waals surface area contributed by atoms with Gasteiger partial charge >= 0.3 is 0 Å². The molecule has 0 aliphatic heterocycles. The third-order valence-corrected chi connectivity index (χ3v) is 3.46. The van der Waals surface area contributed by atoms with Gasteiger partial charge in [-0.2, -0.15) is 0 Å². The predicted octanol–water partition coefficient (Wildman–Crippen LogP) is 4.11. The van der Waals surface area contributed by atoms with Crippen molar-refractivity contribution in [3.05, 3.63) is 22.6 Å². The summed E-state index contributed by atoms with van der Waals surface area (Å²) in [4.78, 5) is 11.0. The van der Waals surface area contributed by atoms with Gasteiger partial charge in [0.1, 0.15) is 17.3 Å². The van der Waals surface area contributed by atoms with Gasteiger partial charge in [0, 0.05) is 5.92 Å². The van der Waals surface area contributed by atoms with Crippen molar-refractivity contribution in [3.63, 3.8) is 0 Å². The van der Waals surface area contributed by atoms with E-state index < -0.39 is 0 Å². The summed E-state index contributed by atoms with van der Waals surface area (Å²) < 4.78 is 5.71. The van der Waals surface area contributed by atoms with E-state index in [4.69, 9.17) is 16.0 Å². The number of ketones is 1. The monoisotopic (exact) mass is 240 g/mol. The van der Waals surface area contributed by atoms with Crippen LogP contribution in [0.15, 0.2) is 10.5 Å². The summed E-state index contributed by atoms with van der Waals surface area (Å²) in [5.74, 6) is 2.18. The highest BCUT2D eigenvalue weighted by Gasteiger charge is 2.22. The van der Waals surface area contributed by atoms with Gasteiger partial charge in [0.2, 0.25) is 0 Å². The predicted molar refractivity (Wildman–Crippen MR) is 63.9 cm³/mol. The van der Waals surface area contributed by atoms with Crippen molar-refractivity contribution in [1.29, 1.82) is 0 Å². The highest BCUT2D eigenvalue weighted by atomic mass is 35.5. The summed E-state index contributed by atoms with van der Waals surface area (Å²) in [6.45, 7) is 1.57. The maximum Gasteiger partial charge on any atom is 0.137 e. The average Bonchev–Trinajstić information content (AvgIpc) is 2.60. The number of hydrogen-bond acceptors (Lipinski definition) is 2. The van der Waals surface area contributed by atoms with E-state index in [0.717, 1.165) is 18.6 Å². The molecule has 1 aliphatic rings. The lowest BCUT2D eigenvalue weighted by Crippen LogP contribution is -2.03. The zero-order valence-electron chi connectivity index (χ0n) is 9.59. The van der Waals surface area contributed by atoms with E-state index in [1.165, 1.54) is 19.3 Å². The standard InChI is InChI=1S/C13H17ClO2/c1-9(15)7-11-8-12(14)13(16-11)10-5-3-2-4-6-10/h8,10H,2-7H2,1H3.